The molecule has 1 aromatic heterocycles. The van der Waals surface area contributed by atoms with Gasteiger partial charge in [-0.15, -0.1) is 0 Å². The topological polar surface area (TPSA) is 56.1 Å². The Morgan fingerprint density at radius 2 is 2.19 bits per heavy atom. The van der Waals surface area contributed by atoms with Gasteiger partial charge in [0.05, 0.1) is 13.4 Å². The highest BCUT2D eigenvalue weighted by molar-refractivity contribution is 5.91. The maximum Gasteiger partial charge on any atom is 0.244 e. The minimum atomic E-state index is -0.0866. The van der Waals surface area contributed by atoms with Crippen molar-refractivity contribution < 1.29 is 9.53 Å². The highest BCUT2D eigenvalue weighted by Crippen LogP contribution is 2.12. The number of carbonyl (C=O) groups is 1. The van der Waals surface area contributed by atoms with Crippen molar-refractivity contribution in [3.05, 3.63) is 54.6 Å². The number of nitrogens with zero attached hydrogens (tertiary/aromatic N) is 2. The van der Waals surface area contributed by atoms with Gasteiger partial charge < -0.3 is 14.6 Å². The van der Waals surface area contributed by atoms with Gasteiger partial charge >= 0.3 is 0 Å². The normalized spacial score (nSPS) is 10.7. The molecule has 0 aliphatic heterocycles. The Morgan fingerprint density at radius 1 is 1.38 bits per heavy atom. The summed E-state index contributed by atoms with van der Waals surface area (Å²) in [4.78, 5) is 15.6. The van der Waals surface area contributed by atoms with Gasteiger partial charge in [0, 0.05) is 31.6 Å². The van der Waals surface area contributed by atoms with Crippen LogP contribution in [0.2, 0.25) is 0 Å². The third-order valence-electron chi connectivity index (χ3n) is 2.99. The zero-order valence-electron chi connectivity index (χ0n) is 12.0. The van der Waals surface area contributed by atoms with E-state index in [4.69, 9.17) is 4.74 Å². The molecule has 1 heterocycles. The second-order valence-corrected chi connectivity index (χ2v) is 4.55. The number of methoxy groups -OCH3 is 1. The van der Waals surface area contributed by atoms with E-state index in [1.165, 1.54) is 0 Å². The van der Waals surface area contributed by atoms with Crippen LogP contribution in [0.1, 0.15) is 12.0 Å². The van der Waals surface area contributed by atoms with Gasteiger partial charge in [-0.25, -0.2) is 4.98 Å². The Morgan fingerprint density at radius 3 is 2.86 bits per heavy atom. The molecule has 0 atom stereocenters. The maximum absolute atomic E-state index is 11.7. The number of rotatable bonds is 7. The van der Waals surface area contributed by atoms with Gasteiger partial charge in [0.25, 0.3) is 0 Å². The number of nitrogens with one attached hydrogen (secondary N) is 1. The summed E-state index contributed by atoms with van der Waals surface area (Å²) in [5.41, 5.74) is 0.962. The summed E-state index contributed by atoms with van der Waals surface area (Å²) in [6.45, 7) is 1.49. The van der Waals surface area contributed by atoms with Gasteiger partial charge in [0.15, 0.2) is 0 Å². The van der Waals surface area contributed by atoms with E-state index < -0.39 is 0 Å². The third-order valence-corrected chi connectivity index (χ3v) is 2.99. The van der Waals surface area contributed by atoms with Crippen LogP contribution in [-0.4, -0.2) is 29.1 Å². The molecule has 21 heavy (non-hydrogen) atoms. The molecule has 0 aliphatic carbocycles. The Kier molecular flexibility index (Phi) is 5.58. The predicted octanol–water partition coefficient (Wildman–Crippen LogP) is 2.11. The van der Waals surface area contributed by atoms with Crippen molar-refractivity contribution in [3.8, 4) is 5.75 Å². The van der Waals surface area contributed by atoms with Gasteiger partial charge in [0.1, 0.15) is 5.75 Å². The van der Waals surface area contributed by atoms with Crippen molar-refractivity contribution in [2.75, 3.05) is 13.7 Å². The van der Waals surface area contributed by atoms with Crippen LogP contribution >= 0.6 is 0 Å². The first-order valence-corrected chi connectivity index (χ1v) is 6.83. The Balaban J connectivity index is 1.69. The molecule has 1 N–H and O–H groups in total. The van der Waals surface area contributed by atoms with Gasteiger partial charge in [-0.05, 0) is 30.2 Å². The first-order valence-electron chi connectivity index (χ1n) is 6.83. The lowest BCUT2D eigenvalue weighted by molar-refractivity contribution is -0.116. The van der Waals surface area contributed by atoms with Crippen molar-refractivity contribution in [3.63, 3.8) is 0 Å². The number of ether oxygens (including phenoxy) is 1. The van der Waals surface area contributed by atoms with Crippen LogP contribution in [0, 0.1) is 0 Å². The number of benzene rings is 1. The lowest BCUT2D eigenvalue weighted by atomic mass is 10.2. The lowest BCUT2D eigenvalue weighted by Gasteiger charge is -2.03. The van der Waals surface area contributed by atoms with Crippen molar-refractivity contribution in [1.29, 1.82) is 0 Å². The average Bonchev–Trinajstić information content (AvgIpc) is 3.03. The summed E-state index contributed by atoms with van der Waals surface area (Å²) in [5, 5.41) is 2.85. The number of hydrogen-bond donors (Lipinski definition) is 1. The van der Waals surface area contributed by atoms with E-state index >= 15 is 0 Å². The number of hydrogen-bond acceptors (Lipinski definition) is 3. The molecule has 5 heteroatoms. The Hall–Kier alpha value is -2.56. The minimum absolute atomic E-state index is 0.0866. The molecule has 1 amide bonds. The van der Waals surface area contributed by atoms with Crippen LogP contribution in [0.4, 0.5) is 0 Å². The van der Waals surface area contributed by atoms with Crippen LogP contribution in [-0.2, 0) is 11.3 Å². The molecule has 0 saturated carbocycles. The fourth-order valence-electron chi connectivity index (χ4n) is 1.84. The molecule has 0 aliphatic rings. The highest BCUT2D eigenvalue weighted by atomic mass is 16.5. The van der Waals surface area contributed by atoms with E-state index in [9.17, 15) is 4.79 Å². The summed E-state index contributed by atoms with van der Waals surface area (Å²) in [6, 6.07) is 7.54. The molecule has 2 aromatic rings. The molecular formula is C16H19N3O2. The molecule has 1 aromatic carbocycles. The summed E-state index contributed by atoms with van der Waals surface area (Å²) in [7, 11) is 1.63. The average molecular weight is 285 g/mol. The Bertz CT molecular complexity index is 574. The van der Waals surface area contributed by atoms with E-state index in [-0.39, 0.29) is 5.91 Å². The SMILES string of the molecule is COc1ccc(/C=C\C(=O)NCCCn2ccnc2)cc1. The van der Waals surface area contributed by atoms with Crippen molar-refractivity contribution >= 4 is 12.0 Å². The zero-order valence-corrected chi connectivity index (χ0v) is 12.0. The number of aromatic nitrogens is 2. The summed E-state index contributed by atoms with van der Waals surface area (Å²) in [5.74, 6) is 0.715. The van der Waals surface area contributed by atoms with Gasteiger partial charge in [-0.2, -0.15) is 0 Å². The standard InChI is InChI=1S/C16H19N3O2/c1-21-15-6-3-14(4-7-15)5-8-16(20)18-9-2-11-19-12-10-17-13-19/h3-8,10,12-13H,2,9,11H2,1H3,(H,18,20)/b8-5-. The summed E-state index contributed by atoms with van der Waals surface area (Å²) < 4.78 is 7.07. The molecule has 0 fully saturated rings. The van der Waals surface area contributed by atoms with Gasteiger partial charge in [-0.3, -0.25) is 4.79 Å². The first kappa shape index (κ1) is 14.8. The van der Waals surface area contributed by atoms with E-state index in [1.54, 1.807) is 31.8 Å². The zero-order chi connectivity index (χ0) is 14.9. The maximum atomic E-state index is 11.7. The molecule has 0 unspecified atom stereocenters. The fraction of sp³-hybridized carbons (Fsp3) is 0.250. The molecule has 2 rings (SSSR count). The molecule has 0 bridgehead atoms. The largest absolute Gasteiger partial charge is 0.497 e. The molecule has 0 saturated heterocycles. The van der Waals surface area contributed by atoms with E-state index in [1.807, 2.05) is 35.0 Å². The first-order chi connectivity index (χ1) is 10.3. The number of aryl methyl sites for hydroxylation is 1. The highest BCUT2D eigenvalue weighted by Gasteiger charge is 1.96. The summed E-state index contributed by atoms with van der Waals surface area (Å²) >= 11 is 0. The fourth-order valence-corrected chi connectivity index (χ4v) is 1.84. The number of carbonyl (C=O) groups excluding carboxylic acids is 1. The van der Waals surface area contributed by atoms with E-state index in [0.717, 1.165) is 24.3 Å². The van der Waals surface area contributed by atoms with Crippen LogP contribution in [0.3, 0.4) is 0 Å². The van der Waals surface area contributed by atoms with Gasteiger partial charge in [0.2, 0.25) is 5.91 Å². The van der Waals surface area contributed by atoms with Crippen LogP contribution in [0.25, 0.3) is 6.08 Å². The molecule has 0 radical (unpaired) electrons. The molecule has 0 spiro atoms. The van der Waals surface area contributed by atoms with Crippen molar-refractivity contribution in [2.45, 2.75) is 13.0 Å². The molecule has 110 valence electrons. The van der Waals surface area contributed by atoms with Gasteiger partial charge in [-0.1, -0.05) is 12.1 Å². The van der Waals surface area contributed by atoms with E-state index in [0.29, 0.717) is 6.54 Å². The van der Waals surface area contributed by atoms with Crippen molar-refractivity contribution in [2.24, 2.45) is 0 Å². The second kappa shape index (κ2) is 7.89. The summed E-state index contributed by atoms with van der Waals surface area (Å²) in [6.07, 6.45) is 9.62. The van der Waals surface area contributed by atoms with E-state index in [2.05, 4.69) is 10.3 Å². The second-order valence-electron chi connectivity index (χ2n) is 4.55. The number of amides is 1. The molecular weight excluding hydrogens is 266 g/mol. The molecule has 5 nitrogen and oxygen atoms in total. The number of imidazole rings is 1. The lowest BCUT2D eigenvalue weighted by Crippen LogP contribution is -2.22. The van der Waals surface area contributed by atoms with Crippen molar-refractivity contribution in [1.82, 2.24) is 14.9 Å². The van der Waals surface area contributed by atoms with Crippen LogP contribution in [0.15, 0.2) is 49.1 Å². The van der Waals surface area contributed by atoms with Crippen LogP contribution < -0.4 is 10.1 Å². The monoisotopic (exact) mass is 285 g/mol. The third kappa shape index (κ3) is 5.14. The van der Waals surface area contributed by atoms with Crippen LogP contribution in [0.5, 0.6) is 5.75 Å². The smallest absolute Gasteiger partial charge is 0.244 e. The minimum Gasteiger partial charge on any atom is -0.497 e. The Labute approximate surface area is 124 Å². The quantitative estimate of drug-likeness (QED) is 0.626. The predicted molar refractivity (Wildman–Crippen MR) is 81.9 cm³/mol.